The number of nitrogens with zero attached hydrogens (tertiary/aromatic N) is 1. The van der Waals surface area contributed by atoms with Crippen molar-refractivity contribution in [3.8, 4) is 0 Å². The summed E-state index contributed by atoms with van der Waals surface area (Å²) in [4.78, 5) is 37.7. The first-order chi connectivity index (χ1) is 12.5. The topological polar surface area (TPSA) is 114 Å². The Balaban J connectivity index is 1.63. The van der Waals surface area contributed by atoms with Crippen LogP contribution in [0.4, 0.5) is 0 Å². The molecule has 8 nitrogen and oxygen atoms in total. The van der Waals surface area contributed by atoms with Crippen molar-refractivity contribution in [3.05, 3.63) is 34.9 Å². The summed E-state index contributed by atoms with van der Waals surface area (Å²) in [6, 6.07) is 5.08. The van der Waals surface area contributed by atoms with Crippen LogP contribution in [0.5, 0.6) is 0 Å². The first kappa shape index (κ1) is 18.5. The van der Waals surface area contributed by atoms with Crippen molar-refractivity contribution in [2.45, 2.75) is 38.0 Å². The summed E-state index contributed by atoms with van der Waals surface area (Å²) < 4.78 is 5.00. The maximum atomic E-state index is 12.7. The molecule has 3 amide bonds. The molecular weight excluding hydrogens is 336 g/mol. The maximum Gasteiger partial charge on any atom is 0.255 e. The first-order valence-electron chi connectivity index (χ1n) is 8.71. The van der Waals surface area contributed by atoms with Crippen LogP contribution in [-0.4, -0.2) is 55.0 Å². The van der Waals surface area contributed by atoms with Crippen LogP contribution >= 0.6 is 0 Å². The monoisotopic (exact) mass is 360 g/mol. The molecule has 8 heteroatoms. The van der Waals surface area contributed by atoms with Gasteiger partial charge in [0.25, 0.3) is 5.91 Å². The minimum atomic E-state index is -0.582. The number of nitrogens with one attached hydrogen (secondary N) is 2. The molecule has 1 aromatic carbocycles. The Kier molecular flexibility index (Phi) is 5.65. The zero-order valence-electron chi connectivity index (χ0n) is 14.8. The SMILES string of the molecule is COC[C@H](N)CNCc1ccc2c(c1)C(=O)N(C1CCC(=O)NC1=O)C2. The molecule has 2 heterocycles. The van der Waals surface area contributed by atoms with E-state index in [1.54, 1.807) is 12.0 Å². The van der Waals surface area contributed by atoms with Crippen molar-refractivity contribution in [2.75, 3.05) is 20.3 Å². The molecule has 0 aliphatic carbocycles. The lowest BCUT2D eigenvalue weighted by molar-refractivity contribution is -0.136. The van der Waals surface area contributed by atoms with Crippen molar-refractivity contribution < 1.29 is 19.1 Å². The Morgan fingerprint density at radius 3 is 2.92 bits per heavy atom. The Hall–Kier alpha value is -2.29. The molecule has 2 atom stereocenters. The lowest BCUT2D eigenvalue weighted by Crippen LogP contribution is -2.52. The van der Waals surface area contributed by atoms with E-state index in [2.05, 4.69) is 10.6 Å². The van der Waals surface area contributed by atoms with Crippen molar-refractivity contribution in [1.82, 2.24) is 15.5 Å². The summed E-state index contributed by atoms with van der Waals surface area (Å²) in [6.45, 7) is 2.08. The van der Waals surface area contributed by atoms with Crippen molar-refractivity contribution in [1.29, 1.82) is 0 Å². The molecule has 2 aliphatic rings. The minimum absolute atomic E-state index is 0.0842. The molecular formula is C18H24N4O4. The highest BCUT2D eigenvalue weighted by Crippen LogP contribution is 2.28. The van der Waals surface area contributed by atoms with E-state index in [0.717, 1.165) is 11.1 Å². The van der Waals surface area contributed by atoms with E-state index in [-0.39, 0.29) is 24.3 Å². The Morgan fingerprint density at radius 1 is 1.38 bits per heavy atom. The molecule has 0 spiro atoms. The Morgan fingerprint density at radius 2 is 2.19 bits per heavy atom. The van der Waals surface area contributed by atoms with E-state index in [1.807, 2.05) is 18.2 Å². The number of methoxy groups -OCH3 is 1. The van der Waals surface area contributed by atoms with Gasteiger partial charge in [0.1, 0.15) is 6.04 Å². The van der Waals surface area contributed by atoms with Gasteiger partial charge in [-0.15, -0.1) is 0 Å². The lowest BCUT2D eigenvalue weighted by atomic mass is 10.0. The summed E-state index contributed by atoms with van der Waals surface area (Å²) in [5.41, 5.74) is 8.38. The summed E-state index contributed by atoms with van der Waals surface area (Å²) in [7, 11) is 1.61. The molecule has 4 N–H and O–H groups in total. The largest absolute Gasteiger partial charge is 0.383 e. The number of fused-ring (bicyclic) bond motifs is 1. The number of benzene rings is 1. The van der Waals surface area contributed by atoms with E-state index >= 15 is 0 Å². The van der Waals surface area contributed by atoms with E-state index < -0.39 is 11.9 Å². The van der Waals surface area contributed by atoms with Crippen LogP contribution in [0.2, 0.25) is 0 Å². The van der Waals surface area contributed by atoms with Gasteiger partial charge in [-0.3, -0.25) is 19.7 Å². The number of ether oxygens (including phenoxy) is 1. The number of amides is 3. The van der Waals surface area contributed by atoms with Gasteiger partial charge in [-0.1, -0.05) is 12.1 Å². The summed E-state index contributed by atoms with van der Waals surface area (Å²) >= 11 is 0. The van der Waals surface area contributed by atoms with Gasteiger partial charge in [0.15, 0.2) is 0 Å². The molecule has 1 fully saturated rings. The second-order valence-electron chi connectivity index (χ2n) is 6.74. The summed E-state index contributed by atoms with van der Waals surface area (Å²) in [5, 5.41) is 5.56. The second kappa shape index (κ2) is 7.94. The van der Waals surface area contributed by atoms with Crippen LogP contribution in [-0.2, 0) is 27.4 Å². The number of piperidine rings is 1. The molecule has 140 valence electrons. The first-order valence-corrected chi connectivity index (χ1v) is 8.71. The number of carbonyl (C=O) groups excluding carboxylic acids is 3. The van der Waals surface area contributed by atoms with E-state index in [0.29, 0.717) is 38.2 Å². The molecule has 1 unspecified atom stereocenters. The van der Waals surface area contributed by atoms with Crippen LogP contribution in [0, 0.1) is 0 Å². The molecule has 2 aliphatic heterocycles. The van der Waals surface area contributed by atoms with Crippen LogP contribution in [0.25, 0.3) is 0 Å². The summed E-state index contributed by atoms with van der Waals surface area (Å²) in [5.74, 6) is -0.834. The third kappa shape index (κ3) is 3.92. The molecule has 1 aromatic rings. The van der Waals surface area contributed by atoms with Gasteiger partial charge >= 0.3 is 0 Å². The Labute approximate surface area is 152 Å². The van der Waals surface area contributed by atoms with Gasteiger partial charge < -0.3 is 20.7 Å². The van der Waals surface area contributed by atoms with Gasteiger partial charge in [0.05, 0.1) is 6.61 Å². The zero-order valence-corrected chi connectivity index (χ0v) is 14.8. The van der Waals surface area contributed by atoms with Crippen molar-refractivity contribution in [3.63, 3.8) is 0 Å². The number of rotatable bonds is 7. The maximum absolute atomic E-state index is 12.7. The fourth-order valence-electron chi connectivity index (χ4n) is 3.39. The highest BCUT2D eigenvalue weighted by Gasteiger charge is 2.38. The zero-order chi connectivity index (χ0) is 18.7. The fourth-order valence-corrected chi connectivity index (χ4v) is 3.39. The van der Waals surface area contributed by atoms with Crippen LogP contribution in [0.3, 0.4) is 0 Å². The molecule has 0 saturated carbocycles. The van der Waals surface area contributed by atoms with E-state index in [9.17, 15) is 14.4 Å². The van der Waals surface area contributed by atoms with Crippen LogP contribution < -0.4 is 16.4 Å². The number of imide groups is 1. The summed E-state index contributed by atoms with van der Waals surface area (Å²) in [6.07, 6.45) is 0.629. The minimum Gasteiger partial charge on any atom is -0.383 e. The number of nitrogens with two attached hydrogens (primary N) is 1. The predicted molar refractivity (Wildman–Crippen MR) is 94.0 cm³/mol. The quantitative estimate of drug-likeness (QED) is 0.566. The van der Waals surface area contributed by atoms with Crippen LogP contribution in [0.1, 0.15) is 34.3 Å². The van der Waals surface area contributed by atoms with E-state index in [4.69, 9.17) is 10.5 Å². The van der Waals surface area contributed by atoms with Gasteiger partial charge in [0.2, 0.25) is 11.8 Å². The highest BCUT2D eigenvalue weighted by molar-refractivity contribution is 6.05. The van der Waals surface area contributed by atoms with Crippen LogP contribution in [0.15, 0.2) is 18.2 Å². The predicted octanol–water partition coefficient (Wildman–Crippen LogP) is -0.489. The fraction of sp³-hybridized carbons (Fsp3) is 0.500. The molecule has 0 bridgehead atoms. The van der Waals surface area contributed by atoms with Gasteiger partial charge in [-0.05, 0) is 23.6 Å². The third-order valence-electron chi connectivity index (χ3n) is 4.71. The highest BCUT2D eigenvalue weighted by atomic mass is 16.5. The van der Waals surface area contributed by atoms with Gasteiger partial charge in [-0.25, -0.2) is 0 Å². The standard InChI is InChI=1S/C18H24N4O4/c1-26-10-13(19)8-20-7-11-2-3-12-9-22(18(25)14(12)6-11)15-4-5-16(23)21-17(15)24/h2-3,6,13,15,20H,4-5,7-10,19H2,1H3,(H,21,23,24)/t13-,15?/m1/s1. The average molecular weight is 360 g/mol. The third-order valence-corrected chi connectivity index (χ3v) is 4.71. The molecule has 0 radical (unpaired) electrons. The van der Waals surface area contributed by atoms with E-state index in [1.165, 1.54) is 0 Å². The smallest absolute Gasteiger partial charge is 0.255 e. The van der Waals surface area contributed by atoms with Crippen molar-refractivity contribution in [2.24, 2.45) is 5.73 Å². The van der Waals surface area contributed by atoms with Crippen molar-refractivity contribution >= 4 is 17.7 Å². The second-order valence-corrected chi connectivity index (χ2v) is 6.74. The number of hydrogen-bond acceptors (Lipinski definition) is 6. The average Bonchev–Trinajstić information content (AvgIpc) is 2.92. The molecule has 3 rings (SSSR count). The lowest BCUT2D eigenvalue weighted by Gasteiger charge is -2.29. The van der Waals surface area contributed by atoms with Gasteiger partial charge in [0, 0.05) is 44.8 Å². The number of carbonyl (C=O) groups is 3. The molecule has 26 heavy (non-hydrogen) atoms. The normalized spacial score (nSPS) is 20.9. The molecule has 1 saturated heterocycles. The van der Waals surface area contributed by atoms with Gasteiger partial charge in [-0.2, -0.15) is 0 Å². The Bertz CT molecular complexity index is 721. The molecule has 0 aromatic heterocycles. The number of hydrogen-bond donors (Lipinski definition) is 3.